The van der Waals surface area contributed by atoms with Crippen LogP contribution in [0.2, 0.25) is 0 Å². The summed E-state index contributed by atoms with van der Waals surface area (Å²) >= 11 is 0. The number of hydrogen-bond donors (Lipinski definition) is 2. The molecule has 0 unspecified atom stereocenters. The lowest BCUT2D eigenvalue weighted by Crippen LogP contribution is -2.36. The number of rotatable bonds is 4. The minimum Gasteiger partial charge on any atom is -0.488 e. The topological polar surface area (TPSA) is 75.6 Å². The molecule has 2 aliphatic rings. The van der Waals surface area contributed by atoms with Gasteiger partial charge in [0.25, 0.3) is 5.91 Å². The van der Waals surface area contributed by atoms with Crippen molar-refractivity contribution in [1.29, 1.82) is 0 Å². The van der Waals surface area contributed by atoms with Crippen molar-refractivity contribution < 1.29 is 19.4 Å². The van der Waals surface area contributed by atoms with Crippen LogP contribution in [0.15, 0.2) is 29.8 Å². The number of para-hydroxylation sites is 1. The number of amides is 1. The molecule has 0 aromatic heterocycles. The third-order valence-electron chi connectivity index (χ3n) is 3.82. The highest BCUT2D eigenvalue weighted by Gasteiger charge is 2.50. The molecule has 0 bridgehead atoms. The molecule has 5 heteroatoms. The number of carboxylic acids is 1. The lowest BCUT2D eigenvalue weighted by Gasteiger charge is -2.18. The van der Waals surface area contributed by atoms with E-state index in [-0.39, 0.29) is 19.1 Å². The van der Waals surface area contributed by atoms with Crippen LogP contribution in [0.1, 0.15) is 18.4 Å². The average molecular weight is 273 g/mol. The Bertz CT molecular complexity index is 602. The maximum absolute atomic E-state index is 12.1. The quantitative estimate of drug-likeness (QED) is 0.870. The molecule has 0 radical (unpaired) electrons. The van der Waals surface area contributed by atoms with Crippen molar-refractivity contribution >= 4 is 18.0 Å². The van der Waals surface area contributed by atoms with Gasteiger partial charge in [-0.2, -0.15) is 0 Å². The zero-order chi connectivity index (χ0) is 14.2. The van der Waals surface area contributed by atoms with Crippen LogP contribution in [0.5, 0.6) is 5.75 Å². The maximum Gasteiger partial charge on any atom is 0.311 e. The zero-order valence-corrected chi connectivity index (χ0v) is 10.9. The van der Waals surface area contributed by atoms with E-state index in [4.69, 9.17) is 9.84 Å². The van der Waals surface area contributed by atoms with E-state index in [9.17, 15) is 9.59 Å². The van der Waals surface area contributed by atoms with Crippen LogP contribution in [0.25, 0.3) is 6.08 Å². The van der Waals surface area contributed by atoms with Gasteiger partial charge in [-0.05, 0) is 25.0 Å². The fourth-order valence-electron chi connectivity index (χ4n) is 2.23. The molecule has 3 rings (SSSR count). The lowest BCUT2D eigenvalue weighted by atomic mass is 10.1. The molecule has 1 aromatic rings. The van der Waals surface area contributed by atoms with Crippen LogP contribution in [0.4, 0.5) is 0 Å². The van der Waals surface area contributed by atoms with Crippen molar-refractivity contribution in [3.63, 3.8) is 0 Å². The van der Waals surface area contributed by atoms with Gasteiger partial charge in [0.05, 0.1) is 11.0 Å². The standard InChI is InChI=1S/C15H15NO4/c17-13(16-9-15(5-6-15)14(18)19)11-7-10-3-1-2-4-12(10)20-8-11/h1-4,7H,5-6,8-9H2,(H,16,17)(H,18,19). The molecule has 2 N–H and O–H groups in total. The molecule has 104 valence electrons. The summed E-state index contributed by atoms with van der Waals surface area (Å²) in [4.78, 5) is 23.1. The number of hydrogen-bond acceptors (Lipinski definition) is 3. The highest BCUT2D eigenvalue weighted by atomic mass is 16.5. The molecule has 20 heavy (non-hydrogen) atoms. The van der Waals surface area contributed by atoms with Gasteiger partial charge < -0.3 is 15.2 Å². The van der Waals surface area contributed by atoms with Crippen molar-refractivity contribution in [1.82, 2.24) is 5.32 Å². The Labute approximate surface area is 116 Å². The first kappa shape index (κ1) is 12.7. The predicted molar refractivity (Wildman–Crippen MR) is 72.2 cm³/mol. The molecular formula is C15H15NO4. The first-order valence-electron chi connectivity index (χ1n) is 6.55. The molecule has 5 nitrogen and oxygen atoms in total. The minimum atomic E-state index is -0.836. The SMILES string of the molecule is O=C(NCC1(C(=O)O)CC1)C1=Cc2ccccc2OC1. The number of aliphatic carboxylic acids is 1. The molecular weight excluding hydrogens is 258 g/mol. The molecule has 1 amide bonds. The Kier molecular flexibility index (Phi) is 2.97. The van der Waals surface area contributed by atoms with Crippen LogP contribution >= 0.6 is 0 Å². The summed E-state index contributed by atoms with van der Waals surface area (Å²) < 4.78 is 5.51. The number of benzene rings is 1. The van der Waals surface area contributed by atoms with Gasteiger partial charge in [0.1, 0.15) is 12.4 Å². The van der Waals surface area contributed by atoms with Crippen molar-refractivity contribution in [3.8, 4) is 5.75 Å². The summed E-state index contributed by atoms with van der Waals surface area (Å²) in [5.74, 6) is -0.336. The van der Waals surface area contributed by atoms with Crippen LogP contribution in [-0.4, -0.2) is 30.1 Å². The predicted octanol–water partition coefficient (Wildman–Crippen LogP) is 1.44. The fourth-order valence-corrected chi connectivity index (χ4v) is 2.23. The van der Waals surface area contributed by atoms with Crippen LogP contribution in [-0.2, 0) is 9.59 Å². The van der Waals surface area contributed by atoms with E-state index in [1.54, 1.807) is 6.08 Å². The molecule has 0 saturated heterocycles. The summed E-state index contributed by atoms with van der Waals surface area (Å²) in [5.41, 5.74) is 0.636. The maximum atomic E-state index is 12.1. The van der Waals surface area contributed by atoms with Gasteiger partial charge in [-0.3, -0.25) is 9.59 Å². The molecule has 1 saturated carbocycles. The van der Waals surface area contributed by atoms with Gasteiger partial charge in [0, 0.05) is 12.1 Å². The third-order valence-corrected chi connectivity index (χ3v) is 3.82. The van der Waals surface area contributed by atoms with Crippen molar-refractivity contribution in [2.45, 2.75) is 12.8 Å². The van der Waals surface area contributed by atoms with Crippen LogP contribution in [0, 0.1) is 5.41 Å². The monoisotopic (exact) mass is 273 g/mol. The molecule has 1 aliphatic heterocycles. The summed E-state index contributed by atoms with van der Waals surface area (Å²) in [7, 11) is 0. The Balaban J connectivity index is 1.67. The lowest BCUT2D eigenvalue weighted by molar-refractivity contribution is -0.143. The van der Waals surface area contributed by atoms with Crippen molar-refractivity contribution in [2.75, 3.05) is 13.2 Å². The Morgan fingerprint density at radius 3 is 2.75 bits per heavy atom. The average Bonchev–Trinajstić information content (AvgIpc) is 3.25. The van der Waals surface area contributed by atoms with E-state index in [2.05, 4.69) is 5.32 Å². The Hall–Kier alpha value is -2.30. The van der Waals surface area contributed by atoms with E-state index >= 15 is 0 Å². The minimum absolute atomic E-state index is 0.181. The third kappa shape index (κ3) is 2.27. The number of carbonyl (C=O) groups excluding carboxylic acids is 1. The molecule has 0 spiro atoms. The molecule has 1 fully saturated rings. The number of carboxylic acid groups (broad SMARTS) is 1. The van der Waals surface area contributed by atoms with E-state index in [0.717, 1.165) is 11.3 Å². The van der Waals surface area contributed by atoms with Crippen molar-refractivity contribution in [3.05, 3.63) is 35.4 Å². The van der Waals surface area contributed by atoms with E-state index in [0.29, 0.717) is 18.4 Å². The number of ether oxygens (including phenoxy) is 1. The van der Waals surface area contributed by atoms with Gasteiger partial charge in [0.15, 0.2) is 0 Å². The number of carbonyl (C=O) groups is 2. The second kappa shape index (κ2) is 4.67. The van der Waals surface area contributed by atoms with Crippen LogP contribution in [0.3, 0.4) is 0 Å². The van der Waals surface area contributed by atoms with E-state index < -0.39 is 11.4 Å². The second-order valence-corrected chi connectivity index (χ2v) is 5.26. The second-order valence-electron chi connectivity index (χ2n) is 5.26. The van der Waals surface area contributed by atoms with E-state index in [1.807, 2.05) is 24.3 Å². The highest BCUT2D eigenvalue weighted by molar-refractivity contribution is 5.99. The number of fused-ring (bicyclic) bond motifs is 1. The fraction of sp³-hybridized carbons (Fsp3) is 0.333. The summed E-state index contributed by atoms with van der Waals surface area (Å²) in [6.45, 7) is 0.392. The summed E-state index contributed by atoms with van der Waals surface area (Å²) in [5, 5.41) is 11.8. The summed E-state index contributed by atoms with van der Waals surface area (Å²) in [6.07, 6.45) is 3.04. The van der Waals surface area contributed by atoms with Gasteiger partial charge >= 0.3 is 5.97 Å². The molecule has 1 heterocycles. The first-order chi connectivity index (χ1) is 9.61. The Morgan fingerprint density at radius 1 is 1.30 bits per heavy atom. The molecule has 1 aliphatic carbocycles. The molecule has 1 aromatic carbocycles. The van der Waals surface area contributed by atoms with Crippen molar-refractivity contribution in [2.24, 2.45) is 5.41 Å². The zero-order valence-electron chi connectivity index (χ0n) is 10.9. The highest BCUT2D eigenvalue weighted by Crippen LogP contribution is 2.45. The van der Waals surface area contributed by atoms with Gasteiger partial charge in [-0.1, -0.05) is 18.2 Å². The first-order valence-corrected chi connectivity index (χ1v) is 6.55. The number of nitrogens with one attached hydrogen (secondary N) is 1. The largest absolute Gasteiger partial charge is 0.488 e. The van der Waals surface area contributed by atoms with Crippen LogP contribution < -0.4 is 10.1 Å². The van der Waals surface area contributed by atoms with E-state index in [1.165, 1.54) is 0 Å². The smallest absolute Gasteiger partial charge is 0.311 e. The van der Waals surface area contributed by atoms with Gasteiger partial charge in [-0.15, -0.1) is 0 Å². The van der Waals surface area contributed by atoms with Gasteiger partial charge in [0.2, 0.25) is 0 Å². The summed E-state index contributed by atoms with van der Waals surface area (Å²) in [6, 6.07) is 7.48. The Morgan fingerprint density at radius 2 is 2.05 bits per heavy atom. The van der Waals surface area contributed by atoms with Gasteiger partial charge in [-0.25, -0.2) is 0 Å². The normalized spacial score (nSPS) is 18.3. The molecule has 0 atom stereocenters.